The number of esters is 1. The summed E-state index contributed by atoms with van der Waals surface area (Å²) >= 11 is 0. The molecule has 13 nitrogen and oxygen atoms in total. The van der Waals surface area contributed by atoms with E-state index in [-0.39, 0.29) is 49.5 Å². The van der Waals surface area contributed by atoms with Gasteiger partial charge >= 0.3 is 5.97 Å². The number of cyclic esters (lactones) is 1. The fourth-order valence-electron chi connectivity index (χ4n) is 9.61. The first-order chi connectivity index (χ1) is 28.0. The maximum atomic E-state index is 14.3. The Bertz CT molecular complexity index is 1530. The molecule has 3 heterocycles. The third-order valence-corrected chi connectivity index (χ3v) is 13.2. The van der Waals surface area contributed by atoms with Crippen molar-refractivity contribution < 1.29 is 58.2 Å². The second-order valence-electron chi connectivity index (χ2n) is 17.8. The molecule has 3 aliphatic heterocycles. The zero-order chi connectivity index (χ0) is 43.6. The molecule has 1 amide bonds. The number of nitrogens with zero attached hydrogens (tertiary/aromatic N) is 1. The Hall–Kier alpha value is -2.78. The molecule has 0 aromatic rings. The van der Waals surface area contributed by atoms with Crippen LogP contribution in [0, 0.1) is 29.6 Å². The molecular weight excluding hydrogens is 759 g/mol. The predicted molar refractivity (Wildman–Crippen MR) is 222 cm³/mol. The van der Waals surface area contributed by atoms with Crippen molar-refractivity contribution in [2.24, 2.45) is 29.6 Å². The van der Waals surface area contributed by atoms with Crippen LogP contribution >= 0.6 is 0 Å². The Morgan fingerprint density at radius 3 is 2.29 bits per heavy atom. The quantitative estimate of drug-likeness (QED) is 0.161. The van der Waals surface area contributed by atoms with Gasteiger partial charge < -0.3 is 43.9 Å². The minimum atomic E-state index is -2.51. The topological polar surface area (TPSA) is 178 Å². The van der Waals surface area contributed by atoms with E-state index < -0.39 is 83.9 Å². The lowest BCUT2D eigenvalue weighted by Gasteiger charge is -2.47. The van der Waals surface area contributed by atoms with Gasteiger partial charge in [-0.05, 0) is 102 Å². The molecule has 14 unspecified atom stereocenters. The van der Waals surface area contributed by atoms with Crippen LogP contribution < -0.4 is 0 Å². The Kier molecular flexibility index (Phi) is 18.5. The summed E-state index contributed by atoms with van der Waals surface area (Å²) in [5.41, 5.74) is 1.64. The lowest BCUT2D eigenvalue weighted by Crippen LogP contribution is -2.64. The summed E-state index contributed by atoms with van der Waals surface area (Å²) in [4.78, 5) is 57.9. The first-order valence-corrected chi connectivity index (χ1v) is 22.0. The molecule has 0 aromatic carbocycles. The Morgan fingerprint density at radius 1 is 0.949 bits per heavy atom. The van der Waals surface area contributed by atoms with Crippen molar-refractivity contribution in [3.8, 4) is 0 Å². The molecule has 59 heavy (non-hydrogen) atoms. The molecule has 0 radical (unpaired) electrons. The van der Waals surface area contributed by atoms with Crippen molar-refractivity contribution in [2.45, 2.75) is 174 Å². The third kappa shape index (κ3) is 12.2. The van der Waals surface area contributed by atoms with Gasteiger partial charge in [0, 0.05) is 44.9 Å². The van der Waals surface area contributed by atoms with Crippen molar-refractivity contribution in [1.82, 2.24) is 4.90 Å². The number of ether oxygens (including phenoxy) is 5. The number of carbonyl (C=O) groups excluding carboxylic acids is 4. The molecular formula is C46H73NO12. The average molecular weight is 832 g/mol. The van der Waals surface area contributed by atoms with Gasteiger partial charge in [-0.15, -0.1) is 0 Å². The average Bonchev–Trinajstić information content (AvgIpc) is 3.21. The van der Waals surface area contributed by atoms with Gasteiger partial charge in [-0.1, -0.05) is 57.6 Å². The highest BCUT2D eigenvalue weighted by Gasteiger charge is 2.56. The van der Waals surface area contributed by atoms with Gasteiger partial charge in [-0.25, -0.2) is 4.79 Å². The number of ketones is 2. The largest absolute Gasteiger partial charge is 0.456 e. The number of hydrogen-bond donors (Lipinski definition) is 3. The number of carbonyl (C=O) groups is 4. The molecule has 1 saturated carbocycles. The Labute approximate surface area is 351 Å². The second kappa shape index (κ2) is 22.4. The van der Waals surface area contributed by atoms with Crippen LogP contribution in [0.5, 0.6) is 0 Å². The molecule has 0 spiro atoms. The molecule has 4 aliphatic rings. The monoisotopic (exact) mass is 832 g/mol. The minimum absolute atomic E-state index is 0.0316. The summed E-state index contributed by atoms with van der Waals surface area (Å²) in [5, 5.41) is 34.7. The molecule has 4 rings (SSSR count). The fraction of sp³-hybridized carbons (Fsp3) is 0.783. The van der Waals surface area contributed by atoms with Crippen molar-refractivity contribution in [2.75, 3.05) is 27.4 Å². The molecule has 1 aliphatic carbocycles. The molecule has 13 heteroatoms. The summed E-state index contributed by atoms with van der Waals surface area (Å²) < 4.78 is 30.1. The first-order valence-electron chi connectivity index (χ1n) is 22.0. The molecule has 2 bridgehead atoms. The van der Waals surface area contributed by atoms with Gasteiger partial charge in [0.05, 0.1) is 37.1 Å². The SMILES string of the molecule is C/C=C/COC1CCC(C=C(C)C2OC(=O)C3CCCCN3C(=O)C(=O)C3(O)OC(C(OC)CC(C)C/C(C)=C/C(CC)C(=O)CC(O)C2C)C(OC)CC3C)CC1O. The van der Waals surface area contributed by atoms with E-state index in [2.05, 4.69) is 6.92 Å². The molecule has 14 atom stereocenters. The first kappa shape index (κ1) is 48.9. The molecule has 3 fully saturated rings. The number of fused-ring (bicyclic) bond motifs is 3. The van der Waals surface area contributed by atoms with E-state index >= 15 is 0 Å². The summed E-state index contributed by atoms with van der Waals surface area (Å²) in [6.45, 7) is 13.6. The van der Waals surface area contributed by atoms with Crippen LogP contribution in [-0.2, 0) is 42.9 Å². The summed E-state index contributed by atoms with van der Waals surface area (Å²) in [6.07, 6.45) is 7.36. The number of Topliss-reactive ketones (excluding diaryl/α,β-unsaturated/α-hetero) is 2. The Balaban J connectivity index is 1.73. The number of piperidine rings is 1. The fourth-order valence-corrected chi connectivity index (χ4v) is 9.61. The number of hydrogen-bond acceptors (Lipinski definition) is 12. The summed E-state index contributed by atoms with van der Waals surface area (Å²) in [7, 11) is 3.06. The number of aliphatic hydroxyl groups is 3. The highest BCUT2D eigenvalue weighted by atomic mass is 16.7. The van der Waals surface area contributed by atoms with Crippen LogP contribution in [0.15, 0.2) is 35.5 Å². The number of methoxy groups -OCH3 is 2. The zero-order valence-electron chi connectivity index (χ0n) is 37.0. The van der Waals surface area contributed by atoms with Gasteiger partial charge in [-0.2, -0.15) is 0 Å². The van der Waals surface area contributed by atoms with Crippen LogP contribution in [-0.4, -0.2) is 126 Å². The van der Waals surface area contributed by atoms with Gasteiger partial charge in [-0.3, -0.25) is 14.4 Å². The van der Waals surface area contributed by atoms with Gasteiger partial charge in [0.15, 0.2) is 0 Å². The lowest BCUT2D eigenvalue weighted by molar-refractivity contribution is -0.302. The molecule has 2 saturated heterocycles. The lowest BCUT2D eigenvalue weighted by atomic mass is 9.81. The maximum absolute atomic E-state index is 14.3. The molecule has 334 valence electrons. The number of amides is 1. The second-order valence-corrected chi connectivity index (χ2v) is 17.8. The van der Waals surface area contributed by atoms with Crippen molar-refractivity contribution >= 4 is 23.4 Å². The van der Waals surface area contributed by atoms with E-state index in [1.54, 1.807) is 13.8 Å². The van der Waals surface area contributed by atoms with E-state index in [9.17, 15) is 34.5 Å². The smallest absolute Gasteiger partial charge is 0.329 e. The highest BCUT2D eigenvalue weighted by molar-refractivity contribution is 6.39. The van der Waals surface area contributed by atoms with E-state index in [0.29, 0.717) is 57.1 Å². The highest BCUT2D eigenvalue weighted by Crippen LogP contribution is 2.39. The van der Waals surface area contributed by atoms with Crippen LogP contribution in [0.2, 0.25) is 0 Å². The molecule has 3 N–H and O–H groups in total. The van der Waals surface area contributed by atoms with E-state index in [1.165, 1.54) is 19.1 Å². The van der Waals surface area contributed by atoms with Crippen molar-refractivity contribution in [3.05, 3.63) is 35.5 Å². The standard InChI is InChI=1S/C46H73NO12/c1-10-12-19-57-38-17-16-32(25-37(38)50)23-29(5)41-31(7)35(48)26-36(49)33(11-2)21-27(3)20-28(4)22-39(55-8)42-40(56-9)24-30(6)46(54,59-42)43(51)44(52)47-18-14-13-15-34(47)45(53)58-41/h10,12,21,23,28,30-35,37-42,48,50,54H,11,13-20,22,24-26H2,1-9H3/b12-10+,27-21+,29-23?. The predicted octanol–water partition coefficient (Wildman–Crippen LogP) is 5.42. The van der Waals surface area contributed by atoms with Crippen LogP contribution in [0.25, 0.3) is 0 Å². The minimum Gasteiger partial charge on any atom is -0.456 e. The number of rotatable bonds is 8. The number of allylic oxidation sites excluding steroid dienone is 4. The normalized spacial score (nSPS) is 40.2. The summed E-state index contributed by atoms with van der Waals surface area (Å²) in [6, 6.07) is -1.14. The van der Waals surface area contributed by atoms with E-state index in [0.717, 1.165) is 12.0 Å². The van der Waals surface area contributed by atoms with E-state index in [1.807, 2.05) is 52.0 Å². The third-order valence-electron chi connectivity index (χ3n) is 13.2. The Morgan fingerprint density at radius 2 is 1.64 bits per heavy atom. The molecule has 0 aromatic heterocycles. The number of aliphatic hydroxyl groups excluding tert-OH is 2. The van der Waals surface area contributed by atoms with Crippen molar-refractivity contribution in [3.63, 3.8) is 0 Å². The van der Waals surface area contributed by atoms with Crippen molar-refractivity contribution in [1.29, 1.82) is 0 Å². The van der Waals surface area contributed by atoms with E-state index in [4.69, 9.17) is 23.7 Å². The van der Waals surface area contributed by atoms with Crippen LogP contribution in [0.3, 0.4) is 0 Å². The van der Waals surface area contributed by atoms with Gasteiger partial charge in [0.1, 0.15) is 24.0 Å². The van der Waals surface area contributed by atoms with Crippen LogP contribution in [0.4, 0.5) is 0 Å². The van der Waals surface area contributed by atoms with Gasteiger partial charge in [0.25, 0.3) is 11.7 Å². The maximum Gasteiger partial charge on any atom is 0.329 e. The van der Waals surface area contributed by atoms with Crippen LogP contribution in [0.1, 0.15) is 119 Å². The zero-order valence-corrected chi connectivity index (χ0v) is 37.0. The summed E-state index contributed by atoms with van der Waals surface area (Å²) in [5.74, 6) is -7.62. The van der Waals surface area contributed by atoms with Gasteiger partial charge in [0.2, 0.25) is 5.79 Å².